The molecule has 0 radical (unpaired) electrons. The quantitative estimate of drug-likeness (QED) is 0.221. The van der Waals surface area contributed by atoms with Crippen LogP contribution < -0.4 is 4.90 Å². The van der Waals surface area contributed by atoms with Gasteiger partial charge in [0.1, 0.15) is 11.5 Å². The number of nitrogens with zero attached hydrogens (tertiary/aromatic N) is 2. The van der Waals surface area contributed by atoms with E-state index in [9.17, 15) is 14.4 Å². The van der Waals surface area contributed by atoms with Gasteiger partial charge in [-0.1, -0.05) is 41.9 Å². The van der Waals surface area contributed by atoms with Gasteiger partial charge in [0.15, 0.2) is 0 Å². The molecule has 158 valence electrons. The summed E-state index contributed by atoms with van der Waals surface area (Å²) in [6.45, 7) is -0.212. The Kier molecular flexibility index (Phi) is 5.48. The van der Waals surface area contributed by atoms with Crippen LogP contribution in [0, 0.1) is 3.57 Å². The molecule has 0 fully saturated rings. The van der Waals surface area contributed by atoms with Crippen LogP contribution in [0.25, 0.3) is 10.1 Å². The Labute approximate surface area is 206 Å². The van der Waals surface area contributed by atoms with Crippen LogP contribution in [0.1, 0.15) is 30.4 Å². The number of amides is 3. The van der Waals surface area contributed by atoms with E-state index >= 15 is 0 Å². The normalized spacial score (nSPS) is 13.0. The van der Waals surface area contributed by atoms with E-state index in [2.05, 4.69) is 22.6 Å². The second kappa shape index (κ2) is 8.31. The molecule has 8 heteroatoms. The largest absolute Gasteiger partial charge is 0.289 e. The van der Waals surface area contributed by atoms with Crippen LogP contribution >= 0.6 is 45.5 Å². The van der Waals surface area contributed by atoms with Crippen LogP contribution in [-0.2, 0) is 0 Å². The highest BCUT2D eigenvalue weighted by Crippen LogP contribution is 2.37. The van der Waals surface area contributed by atoms with Gasteiger partial charge in [-0.3, -0.25) is 24.2 Å². The molecule has 5 rings (SSSR count). The minimum Gasteiger partial charge on any atom is -0.289 e. The van der Waals surface area contributed by atoms with Crippen LogP contribution in [0.2, 0.25) is 5.02 Å². The third-order valence-corrected chi connectivity index (χ3v) is 7.66. The van der Waals surface area contributed by atoms with Gasteiger partial charge in [0.25, 0.3) is 17.7 Å². The summed E-state index contributed by atoms with van der Waals surface area (Å²) in [5, 5.41) is 1.17. The first-order chi connectivity index (χ1) is 15.5. The number of benzene rings is 3. The fourth-order valence-electron chi connectivity index (χ4n) is 3.67. The second-order valence-corrected chi connectivity index (χ2v) is 9.85. The zero-order chi connectivity index (χ0) is 22.4. The fraction of sp³-hybridized carbons (Fsp3) is 0.0417. The Hall–Kier alpha value is -2.75. The summed E-state index contributed by atoms with van der Waals surface area (Å²) in [7, 11) is 0. The highest BCUT2D eigenvalue weighted by molar-refractivity contribution is 14.1. The molecule has 4 aromatic rings. The van der Waals surface area contributed by atoms with Crippen molar-refractivity contribution in [3.05, 3.63) is 97.4 Å². The molecule has 0 saturated heterocycles. The third kappa shape index (κ3) is 3.50. The summed E-state index contributed by atoms with van der Waals surface area (Å²) in [6, 6.07) is 21.5. The number of carbonyl (C=O) groups excluding carboxylic acids is 3. The van der Waals surface area contributed by atoms with Gasteiger partial charge < -0.3 is 0 Å². The third-order valence-electron chi connectivity index (χ3n) is 5.27. The lowest BCUT2D eigenvalue weighted by atomic mass is 10.1. The fourth-order valence-corrected chi connectivity index (χ4v) is 5.49. The SMILES string of the molecule is O=C1c2ccccc2C(=O)N1CN(C(=O)c1sc2ccccc2c1Cl)c1ccc(I)cc1. The zero-order valence-electron chi connectivity index (χ0n) is 16.4. The lowest BCUT2D eigenvalue weighted by Gasteiger charge is -2.27. The van der Waals surface area contributed by atoms with Crippen LogP contribution in [0.15, 0.2) is 72.8 Å². The van der Waals surface area contributed by atoms with E-state index in [1.165, 1.54) is 16.2 Å². The van der Waals surface area contributed by atoms with Crippen molar-refractivity contribution in [3.63, 3.8) is 0 Å². The van der Waals surface area contributed by atoms with Gasteiger partial charge >= 0.3 is 0 Å². The molecule has 2 heterocycles. The molecule has 1 aliphatic rings. The number of halogens is 2. The van der Waals surface area contributed by atoms with Crippen molar-refractivity contribution in [1.29, 1.82) is 0 Å². The molecule has 0 bridgehead atoms. The molecule has 32 heavy (non-hydrogen) atoms. The Bertz CT molecular complexity index is 1370. The van der Waals surface area contributed by atoms with E-state index in [-0.39, 0.29) is 12.6 Å². The topological polar surface area (TPSA) is 57.7 Å². The maximum absolute atomic E-state index is 13.7. The summed E-state index contributed by atoms with van der Waals surface area (Å²) >= 11 is 10.0. The number of thiophene rings is 1. The van der Waals surface area contributed by atoms with Gasteiger partial charge in [-0.25, -0.2) is 0 Å². The van der Waals surface area contributed by atoms with Crippen LogP contribution in [0.3, 0.4) is 0 Å². The van der Waals surface area contributed by atoms with Gasteiger partial charge in [0.05, 0.1) is 16.1 Å². The smallest absolute Gasteiger partial charge is 0.271 e. The zero-order valence-corrected chi connectivity index (χ0v) is 20.1. The number of rotatable bonds is 4. The van der Waals surface area contributed by atoms with Gasteiger partial charge in [0, 0.05) is 19.3 Å². The number of hydrogen-bond donors (Lipinski definition) is 0. The monoisotopic (exact) mass is 572 g/mol. The van der Waals surface area contributed by atoms with Crippen molar-refractivity contribution in [2.24, 2.45) is 0 Å². The summed E-state index contributed by atoms with van der Waals surface area (Å²) in [4.78, 5) is 42.5. The molecule has 3 aromatic carbocycles. The van der Waals surface area contributed by atoms with E-state index in [1.54, 1.807) is 36.4 Å². The molecule has 5 nitrogen and oxygen atoms in total. The minimum atomic E-state index is -0.420. The van der Waals surface area contributed by atoms with E-state index in [0.717, 1.165) is 18.6 Å². The number of imide groups is 1. The molecule has 0 N–H and O–H groups in total. The van der Waals surface area contributed by atoms with E-state index in [1.807, 2.05) is 36.4 Å². The lowest BCUT2D eigenvalue weighted by molar-refractivity contribution is 0.0650. The van der Waals surface area contributed by atoms with E-state index in [0.29, 0.717) is 26.7 Å². The minimum absolute atomic E-state index is 0.212. The van der Waals surface area contributed by atoms with Crippen molar-refractivity contribution < 1.29 is 14.4 Å². The molecule has 1 aliphatic heterocycles. The number of anilines is 1. The predicted molar refractivity (Wildman–Crippen MR) is 135 cm³/mol. The maximum atomic E-state index is 13.7. The highest BCUT2D eigenvalue weighted by atomic mass is 127. The molecule has 0 unspecified atom stereocenters. The number of hydrogen-bond acceptors (Lipinski definition) is 4. The molecule has 0 spiro atoms. The first-order valence-corrected chi connectivity index (χ1v) is 11.9. The molecule has 1 aromatic heterocycles. The Balaban J connectivity index is 1.56. The van der Waals surface area contributed by atoms with E-state index < -0.39 is 11.8 Å². The van der Waals surface area contributed by atoms with Crippen molar-refractivity contribution in [2.75, 3.05) is 11.6 Å². The van der Waals surface area contributed by atoms with Crippen molar-refractivity contribution in [3.8, 4) is 0 Å². The van der Waals surface area contributed by atoms with Crippen LogP contribution in [-0.4, -0.2) is 29.3 Å². The highest BCUT2D eigenvalue weighted by Gasteiger charge is 2.38. The van der Waals surface area contributed by atoms with Crippen LogP contribution in [0.5, 0.6) is 0 Å². The second-order valence-electron chi connectivity index (χ2n) is 7.18. The van der Waals surface area contributed by atoms with Crippen molar-refractivity contribution in [2.45, 2.75) is 0 Å². The maximum Gasteiger partial charge on any atom is 0.271 e. The standard InChI is InChI=1S/C24H14ClIN2O3S/c25-20-18-7-3-4-8-19(18)32-21(20)24(31)27(15-11-9-14(26)10-12-15)13-28-22(29)16-5-1-2-6-17(16)23(28)30/h1-12H,13H2. The van der Waals surface area contributed by atoms with Gasteiger partial charge in [-0.2, -0.15) is 0 Å². The van der Waals surface area contributed by atoms with Crippen LogP contribution in [0.4, 0.5) is 5.69 Å². The van der Waals surface area contributed by atoms with Gasteiger partial charge in [0.2, 0.25) is 0 Å². The first kappa shape index (κ1) is 21.1. The molecule has 0 saturated carbocycles. The average Bonchev–Trinajstić information content (AvgIpc) is 3.27. The van der Waals surface area contributed by atoms with Gasteiger partial charge in [-0.15, -0.1) is 11.3 Å². The predicted octanol–water partition coefficient (Wildman–Crippen LogP) is 6.06. The summed E-state index contributed by atoms with van der Waals surface area (Å²) in [6.07, 6.45) is 0. The lowest BCUT2D eigenvalue weighted by Crippen LogP contribution is -2.44. The first-order valence-electron chi connectivity index (χ1n) is 9.65. The molecule has 0 aliphatic carbocycles. The Morgan fingerprint density at radius 2 is 1.50 bits per heavy atom. The number of carbonyl (C=O) groups is 3. The van der Waals surface area contributed by atoms with E-state index in [4.69, 9.17) is 11.6 Å². The Morgan fingerprint density at radius 1 is 0.906 bits per heavy atom. The molecular weight excluding hydrogens is 559 g/mol. The average molecular weight is 573 g/mol. The van der Waals surface area contributed by atoms with Crippen molar-refractivity contribution in [1.82, 2.24) is 4.90 Å². The molecule has 3 amide bonds. The summed E-state index contributed by atoms with van der Waals surface area (Å²) < 4.78 is 1.89. The van der Waals surface area contributed by atoms with Crippen molar-refractivity contribution >= 4 is 79.0 Å². The summed E-state index contributed by atoms with van der Waals surface area (Å²) in [5.74, 6) is -1.21. The Morgan fingerprint density at radius 3 is 2.12 bits per heavy atom. The van der Waals surface area contributed by atoms with Gasteiger partial charge in [-0.05, 0) is 65.1 Å². The molecular formula is C24H14ClIN2O3S. The number of fused-ring (bicyclic) bond motifs is 2. The molecule has 0 atom stereocenters. The summed E-state index contributed by atoms with van der Waals surface area (Å²) in [5.41, 5.74) is 1.25.